The molecule has 0 atom stereocenters. The Kier molecular flexibility index (Phi) is 7.85. The van der Waals surface area contributed by atoms with E-state index in [4.69, 9.17) is 9.47 Å². The highest BCUT2D eigenvalue weighted by molar-refractivity contribution is 14.1. The first-order valence-corrected chi connectivity index (χ1v) is 11.0. The third kappa shape index (κ3) is 5.67. The number of carbonyl (C=O) groups excluding carboxylic acids is 1. The molecule has 0 aromatic heterocycles. The Labute approximate surface area is 195 Å². The number of nitrogens with zero attached hydrogens (tertiary/aromatic N) is 2. The van der Waals surface area contributed by atoms with Crippen molar-refractivity contribution < 1.29 is 18.7 Å². The lowest BCUT2D eigenvalue weighted by molar-refractivity contribution is -0.130. The SMILES string of the molecule is N#C/C(=C/c1cc(I)c(OCc2ccccc2F)c(I)c1)C(=O)N1CCOCC1. The molecular formula is C21H17FI2N2O3. The van der Waals surface area contributed by atoms with Crippen LogP contribution in [0.4, 0.5) is 4.39 Å². The Bertz CT molecular complexity index is 959. The monoisotopic (exact) mass is 618 g/mol. The molecule has 29 heavy (non-hydrogen) atoms. The van der Waals surface area contributed by atoms with Crippen LogP contribution in [-0.2, 0) is 16.1 Å². The molecule has 2 aromatic rings. The van der Waals surface area contributed by atoms with Gasteiger partial charge in [0, 0.05) is 18.7 Å². The van der Waals surface area contributed by atoms with Gasteiger partial charge in [-0.25, -0.2) is 4.39 Å². The average molecular weight is 618 g/mol. The van der Waals surface area contributed by atoms with Gasteiger partial charge in [0.25, 0.3) is 5.91 Å². The van der Waals surface area contributed by atoms with Crippen molar-refractivity contribution in [3.05, 3.63) is 66.1 Å². The lowest BCUT2D eigenvalue weighted by atomic mass is 10.1. The molecule has 0 saturated carbocycles. The van der Waals surface area contributed by atoms with Crippen LogP contribution in [0.1, 0.15) is 11.1 Å². The summed E-state index contributed by atoms with van der Waals surface area (Å²) in [5.74, 6) is 0.0441. The quantitative estimate of drug-likeness (QED) is 0.284. The van der Waals surface area contributed by atoms with Gasteiger partial charge in [-0.3, -0.25) is 4.79 Å². The summed E-state index contributed by atoms with van der Waals surface area (Å²) in [6, 6.07) is 12.2. The van der Waals surface area contributed by atoms with Crippen LogP contribution < -0.4 is 4.74 Å². The molecule has 1 aliphatic rings. The summed E-state index contributed by atoms with van der Waals surface area (Å²) < 4.78 is 26.5. The lowest BCUT2D eigenvalue weighted by Gasteiger charge is -2.26. The molecule has 1 saturated heterocycles. The van der Waals surface area contributed by atoms with E-state index < -0.39 is 0 Å². The molecule has 1 fully saturated rings. The lowest BCUT2D eigenvalue weighted by Crippen LogP contribution is -2.41. The van der Waals surface area contributed by atoms with Gasteiger partial charge in [0.15, 0.2) is 0 Å². The molecule has 0 aliphatic carbocycles. The number of carbonyl (C=O) groups is 1. The van der Waals surface area contributed by atoms with E-state index >= 15 is 0 Å². The standard InChI is InChI=1S/C21H17FI2N2O3/c22-17-4-2-1-3-15(17)13-29-20-18(23)10-14(11-19(20)24)9-16(12-25)21(27)26-5-7-28-8-6-26/h1-4,9-11H,5-8,13H2/b16-9-. The fraction of sp³-hybridized carbons (Fsp3) is 0.238. The van der Waals surface area contributed by atoms with Crippen molar-refractivity contribution in [3.8, 4) is 11.8 Å². The first-order valence-electron chi connectivity index (χ1n) is 8.83. The highest BCUT2D eigenvalue weighted by atomic mass is 127. The van der Waals surface area contributed by atoms with E-state index in [0.717, 1.165) is 12.7 Å². The van der Waals surface area contributed by atoms with E-state index in [9.17, 15) is 14.4 Å². The number of rotatable bonds is 5. The molecule has 0 spiro atoms. The number of benzene rings is 2. The maximum absolute atomic E-state index is 13.8. The number of morpholine rings is 1. The average Bonchev–Trinajstić information content (AvgIpc) is 2.72. The van der Waals surface area contributed by atoms with Crippen molar-refractivity contribution in [1.29, 1.82) is 5.26 Å². The van der Waals surface area contributed by atoms with Crippen LogP contribution >= 0.6 is 45.2 Å². The van der Waals surface area contributed by atoms with Crippen molar-refractivity contribution >= 4 is 57.2 Å². The van der Waals surface area contributed by atoms with Crippen molar-refractivity contribution in [3.63, 3.8) is 0 Å². The van der Waals surface area contributed by atoms with E-state index in [-0.39, 0.29) is 23.9 Å². The van der Waals surface area contributed by atoms with E-state index in [0.29, 0.717) is 37.6 Å². The maximum atomic E-state index is 13.8. The van der Waals surface area contributed by atoms with Crippen LogP contribution in [-0.4, -0.2) is 37.1 Å². The molecule has 1 amide bonds. The third-order valence-corrected chi connectivity index (χ3v) is 5.91. The molecule has 150 valence electrons. The Balaban J connectivity index is 1.78. The zero-order chi connectivity index (χ0) is 20.8. The molecular weight excluding hydrogens is 601 g/mol. The summed E-state index contributed by atoms with van der Waals surface area (Å²) in [5.41, 5.74) is 1.29. The van der Waals surface area contributed by atoms with Gasteiger partial charge in [-0.2, -0.15) is 5.26 Å². The van der Waals surface area contributed by atoms with Crippen molar-refractivity contribution in [2.75, 3.05) is 26.3 Å². The van der Waals surface area contributed by atoms with Crippen LogP contribution in [0.15, 0.2) is 42.0 Å². The highest BCUT2D eigenvalue weighted by Gasteiger charge is 2.21. The Morgan fingerprint density at radius 1 is 1.24 bits per heavy atom. The second-order valence-electron chi connectivity index (χ2n) is 6.27. The fourth-order valence-corrected chi connectivity index (χ4v) is 4.94. The molecule has 8 heteroatoms. The van der Waals surface area contributed by atoms with Gasteiger partial charge in [-0.15, -0.1) is 0 Å². The molecule has 0 unspecified atom stereocenters. The van der Waals surface area contributed by atoms with Gasteiger partial charge in [-0.1, -0.05) is 18.2 Å². The molecule has 1 heterocycles. The van der Waals surface area contributed by atoms with E-state index in [2.05, 4.69) is 45.2 Å². The predicted octanol–water partition coefficient (Wildman–Crippen LogP) is 4.38. The summed E-state index contributed by atoms with van der Waals surface area (Å²) >= 11 is 4.27. The topological polar surface area (TPSA) is 62.6 Å². The van der Waals surface area contributed by atoms with Gasteiger partial charge in [0.1, 0.15) is 29.8 Å². The molecule has 2 aromatic carbocycles. The van der Waals surface area contributed by atoms with Crippen LogP contribution in [0.5, 0.6) is 5.75 Å². The first kappa shape index (κ1) is 22.0. The number of amides is 1. The van der Waals surface area contributed by atoms with Crippen molar-refractivity contribution in [2.45, 2.75) is 6.61 Å². The molecule has 0 radical (unpaired) electrons. The largest absolute Gasteiger partial charge is 0.487 e. The zero-order valence-corrected chi connectivity index (χ0v) is 19.6. The number of hydrogen-bond donors (Lipinski definition) is 0. The minimum absolute atomic E-state index is 0.0820. The van der Waals surface area contributed by atoms with Gasteiger partial charge in [0.05, 0.1) is 20.4 Å². The second-order valence-corrected chi connectivity index (χ2v) is 8.59. The van der Waals surface area contributed by atoms with Gasteiger partial charge >= 0.3 is 0 Å². The number of halogens is 3. The van der Waals surface area contributed by atoms with Crippen molar-refractivity contribution in [1.82, 2.24) is 4.90 Å². The Morgan fingerprint density at radius 3 is 2.52 bits per heavy atom. The third-order valence-electron chi connectivity index (χ3n) is 4.31. The van der Waals surface area contributed by atoms with E-state index in [1.807, 2.05) is 18.2 Å². The summed E-state index contributed by atoms with van der Waals surface area (Å²) in [7, 11) is 0. The fourth-order valence-electron chi connectivity index (χ4n) is 2.81. The second kappa shape index (κ2) is 10.4. The smallest absolute Gasteiger partial charge is 0.264 e. The first-order chi connectivity index (χ1) is 14.0. The van der Waals surface area contributed by atoms with Crippen LogP contribution in [0, 0.1) is 24.3 Å². The van der Waals surface area contributed by atoms with Gasteiger partial charge < -0.3 is 14.4 Å². The number of hydrogen-bond acceptors (Lipinski definition) is 4. The van der Waals surface area contributed by atoms with Crippen molar-refractivity contribution in [2.24, 2.45) is 0 Å². The number of nitriles is 1. The Hall–Kier alpha value is -1.71. The van der Waals surface area contributed by atoms with Crippen LogP contribution in [0.3, 0.4) is 0 Å². The Morgan fingerprint density at radius 2 is 1.90 bits per heavy atom. The van der Waals surface area contributed by atoms with Gasteiger partial charge in [-0.05, 0) is 75.0 Å². The van der Waals surface area contributed by atoms with Crippen LogP contribution in [0.2, 0.25) is 0 Å². The summed E-state index contributed by atoms with van der Waals surface area (Å²) in [5, 5.41) is 9.46. The predicted molar refractivity (Wildman–Crippen MR) is 124 cm³/mol. The molecule has 0 bridgehead atoms. The minimum atomic E-state index is -0.308. The zero-order valence-electron chi connectivity index (χ0n) is 15.3. The molecule has 3 rings (SSSR count). The summed E-state index contributed by atoms with van der Waals surface area (Å²) in [4.78, 5) is 14.2. The maximum Gasteiger partial charge on any atom is 0.264 e. The molecule has 0 N–H and O–H groups in total. The summed E-state index contributed by atoms with van der Waals surface area (Å²) in [6.45, 7) is 2.04. The van der Waals surface area contributed by atoms with Crippen LogP contribution in [0.25, 0.3) is 6.08 Å². The molecule has 1 aliphatic heterocycles. The van der Waals surface area contributed by atoms with E-state index in [1.54, 1.807) is 29.2 Å². The van der Waals surface area contributed by atoms with Gasteiger partial charge in [0.2, 0.25) is 0 Å². The number of ether oxygens (including phenoxy) is 2. The summed E-state index contributed by atoms with van der Waals surface area (Å²) in [6.07, 6.45) is 1.59. The van der Waals surface area contributed by atoms with E-state index in [1.165, 1.54) is 6.07 Å². The molecule has 5 nitrogen and oxygen atoms in total. The normalized spacial score (nSPS) is 14.4. The minimum Gasteiger partial charge on any atom is -0.487 e. The highest BCUT2D eigenvalue weighted by Crippen LogP contribution is 2.31.